The lowest BCUT2D eigenvalue weighted by Gasteiger charge is -2.27. The molecule has 1 aromatic carbocycles. The van der Waals surface area contributed by atoms with Crippen LogP contribution in [0.1, 0.15) is 25.3 Å². The van der Waals surface area contributed by atoms with Crippen molar-refractivity contribution in [1.29, 1.82) is 0 Å². The third-order valence-corrected chi connectivity index (χ3v) is 2.86. The summed E-state index contributed by atoms with van der Waals surface area (Å²) in [5.74, 6) is -5.51. The Morgan fingerprint density at radius 2 is 1.90 bits per heavy atom. The Kier molecular flexibility index (Phi) is 5.44. The Morgan fingerprint density at radius 3 is 2.30 bits per heavy atom. The van der Waals surface area contributed by atoms with Gasteiger partial charge in [0.1, 0.15) is 5.75 Å². The molecule has 0 saturated heterocycles. The van der Waals surface area contributed by atoms with Crippen molar-refractivity contribution in [2.24, 2.45) is 0 Å². The molecule has 0 aromatic heterocycles. The second kappa shape index (κ2) is 6.65. The van der Waals surface area contributed by atoms with Crippen LogP contribution in [0.4, 0.5) is 8.78 Å². The summed E-state index contributed by atoms with van der Waals surface area (Å²) in [7, 11) is 1.45. The van der Waals surface area contributed by atoms with Crippen molar-refractivity contribution in [3.63, 3.8) is 0 Å². The number of carbonyl (C=O) groups is 1. The fourth-order valence-electron chi connectivity index (χ4n) is 1.93. The van der Waals surface area contributed by atoms with Gasteiger partial charge in [-0.1, -0.05) is 12.1 Å². The number of hydrogen-bond acceptors (Lipinski definition) is 4. The molecule has 0 aliphatic rings. The van der Waals surface area contributed by atoms with Gasteiger partial charge in [0.2, 0.25) is 0 Å². The normalized spacial score (nSPS) is 14.5. The Balaban J connectivity index is 3.08. The molecule has 0 bridgehead atoms. The second-order valence-corrected chi connectivity index (χ2v) is 4.40. The number of benzene rings is 1. The second-order valence-electron chi connectivity index (χ2n) is 4.40. The van der Waals surface area contributed by atoms with Crippen molar-refractivity contribution >= 4 is 5.97 Å². The van der Waals surface area contributed by atoms with Crippen LogP contribution in [-0.4, -0.2) is 36.8 Å². The summed E-state index contributed by atoms with van der Waals surface area (Å²) in [6, 6.07) is 5.77. The summed E-state index contributed by atoms with van der Waals surface area (Å²) >= 11 is 0. The predicted molar refractivity (Wildman–Crippen MR) is 69.0 cm³/mol. The van der Waals surface area contributed by atoms with Crippen LogP contribution >= 0.6 is 0 Å². The topological polar surface area (TPSA) is 55.8 Å². The first-order valence-electron chi connectivity index (χ1n) is 6.17. The molecule has 0 saturated carbocycles. The Labute approximate surface area is 116 Å². The van der Waals surface area contributed by atoms with E-state index in [1.165, 1.54) is 38.3 Å². The Hall–Kier alpha value is -1.69. The molecule has 0 aliphatic heterocycles. The van der Waals surface area contributed by atoms with E-state index in [4.69, 9.17) is 4.74 Å². The van der Waals surface area contributed by atoms with E-state index in [0.29, 0.717) is 12.7 Å². The monoisotopic (exact) mass is 288 g/mol. The minimum absolute atomic E-state index is 0.0144. The number of aliphatic hydroxyl groups excluding tert-OH is 1. The Morgan fingerprint density at radius 1 is 1.35 bits per heavy atom. The average Bonchev–Trinajstić information content (AvgIpc) is 2.38. The van der Waals surface area contributed by atoms with Gasteiger partial charge in [0.05, 0.1) is 19.6 Å². The lowest BCUT2D eigenvalue weighted by molar-refractivity contribution is -0.160. The first-order valence-corrected chi connectivity index (χ1v) is 6.17. The maximum Gasteiger partial charge on any atom is 0.335 e. The number of halogens is 2. The van der Waals surface area contributed by atoms with Crippen molar-refractivity contribution in [1.82, 2.24) is 0 Å². The van der Waals surface area contributed by atoms with Crippen LogP contribution in [0.5, 0.6) is 5.75 Å². The van der Waals surface area contributed by atoms with E-state index in [1.807, 2.05) is 0 Å². The lowest BCUT2D eigenvalue weighted by atomic mass is 9.88. The van der Waals surface area contributed by atoms with Crippen LogP contribution in [0, 0.1) is 0 Å². The molecule has 2 atom stereocenters. The minimum Gasteiger partial charge on any atom is -0.497 e. The molecular formula is C14H18F2O4. The fourth-order valence-corrected chi connectivity index (χ4v) is 1.93. The highest BCUT2D eigenvalue weighted by Gasteiger charge is 2.44. The number of carbonyl (C=O) groups excluding carboxylic acids is 1. The minimum atomic E-state index is -3.28. The van der Waals surface area contributed by atoms with Gasteiger partial charge in [-0.15, -0.1) is 0 Å². The van der Waals surface area contributed by atoms with Gasteiger partial charge in [-0.3, -0.25) is 0 Å². The van der Waals surface area contributed by atoms with E-state index < -0.39 is 23.9 Å². The zero-order chi connectivity index (χ0) is 15.3. The maximum absolute atomic E-state index is 13.7. The van der Waals surface area contributed by atoms with E-state index in [1.54, 1.807) is 0 Å². The number of esters is 1. The summed E-state index contributed by atoms with van der Waals surface area (Å²) in [6.07, 6.45) is -1.93. The van der Waals surface area contributed by atoms with Crippen LogP contribution in [0.25, 0.3) is 0 Å². The number of rotatable bonds is 6. The zero-order valence-electron chi connectivity index (χ0n) is 11.6. The number of aliphatic hydroxyl groups is 1. The number of hydrogen-bond donors (Lipinski definition) is 1. The van der Waals surface area contributed by atoms with Crippen molar-refractivity contribution in [3.05, 3.63) is 29.8 Å². The Bertz CT molecular complexity index is 439. The molecule has 4 nitrogen and oxygen atoms in total. The smallest absolute Gasteiger partial charge is 0.335 e. The SMILES string of the molecule is CCOC(=O)[C@H](O)[C@@H](c1ccc(OC)cc1)C(C)(F)F. The molecular weight excluding hydrogens is 270 g/mol. The van der Waals surface area contributed by atoms with Crippen LogP contribution in [0.15, 0.2) is 24.3 Å². The number of methoxy groups -OCH3 is 1. The van der Waals surface area contributed by atoms with Crippen molar-refractivity contribution in [3.8, 4) is 5.75 Å². The van der Waals surface area contributed by atoms with Crippen LogP contribution in [0.2, 0.25) is 0 Å². The predicted octanol–water partition coefficient (Wildman–Crippen LogP) is 2.36. The summed E-state index contributed by atoms with van der Waals surface area (Å²) in [5.41, 5.74) is 0.138. The molecule has 0 heterocycles. The van der Waals surface area contributed by atoms with Gasteiger partial charge < -0.3 is 14.6 Å². The van der Waals surface area contributed by atoms with E-state index >= 15 is 0 Å². The fraction of sp³-hybridized carbons (Fsp3) is 0.500. The molecule has 0 aliphatic carbocycles. The van der Waals surface area contributed by atoms with Crippen LogP contribution < -0.4 is 4.74 Å². The third kappa shape index (κ3) is 3.90. The summed E-state index contributed by atoms with van der Waals surface area (Å²) in [4.78, 5) is 11.5. The first-order chi connectivity index (χ1) is 9.31. The highest BCUT2D eigenvalue weighted by atomic mass is 19.3. The molecule has 0 unspecified atom stereocenters. The molecule has 0 fully saturated rings. The summed E-state index contributed by atoms with van der Waals surface area (Å²) < 4.78 is 37.0. The van der Waals surface area contributed by atoms with Gasteiger partial charge in [-0.2, -0.15) is 0 Å². The van der Waals surface area contributed by atoms with Gasteiger partial charge >= 0.3 is 5.97 Å². The van der Waals surface area contributed by atoms with E-state index in [-0.39, 0.29) is 12.2 Å². The molecule has 6 heteroatoms. The lowest BCUT2D eigenvalue weighted by Crippen LogP contribution is -2.39. The van der Waals surface area contributed by atoms with Gasteiger partial charge in [-0.25, -0.2) is 13.6 Å². The average molecular weight is 288 g/mol. The molecule has 112 valence electrons. The molecule has 0 spiro atoms. The van der Waals surface area contributed by atoms with E-state index in [0.717, 1.165) is 0 Å². The van der Waals surface area contributed by atoms with Gasteiger partial charge in [0, 0.05) is 6.92 Å². The van der Waals surface area contributed by atoms with E-state index in [9.17, 15) is 18.7 Å². The highest BCUT2D eigenvalue weighted by Crippen LogP contribution is 2.37. The summed E-state index contributed by atoms with van der Waals surface area (Å²) in [5, 5.41) is 9.84. The summed E-state index contributed by atoms with van der Waals surface area (Å²) in [6.45, 7) is 2.21. The van der Waals surface area contributed by atoms with Crippen molar-refractivity contribution in [2.45, 2.75) is 31.8 Å². The van der Waals surface area contributed by atoms with Crippen molar-refractivity contribution < 1.29 is 28.2 Å². The van der Waals surface area contributed by atoms with Crippen LogP contribution in [0.3, 0.4) is 0 Å². The van der Waals surface area contributed by atoms with Gasteiger partial charge in [-0.05, 0) is 24.6 Å². The molecule has 20 heavy (non-hydrogen) atoms. The largest absolute Gasteiger partial charge is 0.497 e. The standard InChI is InChI=1S/C14H18F2O4/c1-4-20-13(18)12(17)11(14(2,15)16)9-5-7-10(19-3)8-6-9/h5-8,11-12,17H,4H2,1-3H3/t11-,12-/m1/s1. The first kappa shape index (κ1) is 16.4. The molecule has 1 aromatic rings. The maximum atomic E-state index is 13.7. The number of alkyl halides is 2. The highest BCUT2D eigenvalue weighted by molar-refractivity contribution is 5.76. The molecule has 0 radical (unpaired) electrons. The third-order valence-electron chi connectivity index (χ3n) is 2.86. The quantitative estimate of drug-likeness (QED) is 0.816. The molecule has 1 rings (SSSR count). The van der Waals surface area contributed by atoms with Gasteiger partial charge in [0.15, 0.2) is 6.10 Å². The molecule has 1 N–H and O–H groups in total. The van der Waals surface area contributed by atoms with Crippen molar-refractivity contribution in [2.75, 3.05) is 13.7 Å². The van der Waals surface area contributed by atoms with E-state index in [2.05, 4.69) is 4.74 Å². The number of ether oxygens (including phenoxy) is 2. The zero-order valence-corrected chi connectivity index (χ0v) is 11.6. The van der Waals surface area contributed by atoms with Crippen LogP contribution in [-0.2, 0) is 9.53 Å². The van der Waals surface area contributed by atoms with Gasteiger partial charge in [0.25, 0.3) is 5.92 Å². The molecule has 0 amide bonds.